The van der Waals surface area contributed by atoms with Gasteiger partial charge in [0, 0.05) is 19.1 Å². The van der Waals surface area contributed by atoms with Gasteiger partial charge in [0.1, 0.15) is 5.82 Å². The topological polar surface area (TPSA) is 40.5 Å². The van der Waals surface area contributed by atoms with Crippen molar-refractivity contribution in [3.8, 4) is 0 Å². The molecule has 3 nitrogen and oxygen atoms in total. The quantitative estimate of drug-likeness (QED) is 0.924. The Morgan fingerprint density at radius 2 is 2.21 bits per heavy atom. The molecule has 0 radical (unpaired) electrons. The molecule has 1 aliphatic rings. The molecular formula is C14H17BrFNO2. The highest BCUT2D eigenvalue weighted by atomic mass is 79.9. The van der Waals surface area contributed by atoms with E-state index in [2.05, 4.69) is 20.8 Å². The largest absolute Gasteiger partial charge is 0.481 e. The number of nitrogens with zero attached hydrogens (tertiary/aromatic N) is 1. The summed E-state index contributed by atoms with van der Waals surface area (Å²) in [5.41, 5.74) is 0.992. The zero-order valence-electron chi connectivity index (χ0n) is 10.9. The van der Waals surface area contributed by atoms with Crippen molar-refractivity contribution in [2.45, 2.75) is 19.9 Å². The third kappa shape index (κ3) is 2.98. The highest BCUT2D eigenvalue weighted by Gasteiger charge is 2.36. The van der Waals surface area contributed by atoms with Gasteiger partial charge in [0.2, 0.25) is 0 Å². The van der Waals surface area contributed by atoms with E-state index in [0.717, 1.165) is 12.1 Å². The fourth-order valence-electron chi connectivity index (χ4n) is 2.63. The zero-order chi connectivity index (χ0) is 14.2. The number of halogens is 2. The van der Waals surface area contributed by atoms with E-state index in [-0.39, 0.29) is 23.7 Å². The Morgan fingerprint density at radius 1 is 1.53 bits per heavy atom. The van der Waals surface area contributed by atoms with E-state index in [1.54, 1.807) is 12.1 Å². The van der Waals surface area contributed by atoms with Gasteiger partial charge in [-0.15, -0.1) is 0 Å². The number of aliphatic carboxylic acids is 1. The van der Waals surface area contributed by atoms with Crippen LogP contribution in [0.15, 0.2) is 22.7 Å². The van der Waals surface area contributed by atoms with Crippen molar-refractivity contribution in [1.29, 1.82) is 0 Å². The van der Waals surface area contributed by atoms with Crippen molar-refractivity contribution in [1.82, 2.24) is 4.90 Å². The Labute approximate surface area is 120 Å². The first kappa shape index (κ1) is 14.5. The maximum absolute atomic E-state index is 13.2. The molecule has 1 N–H and O–H groups in total. The second kappa shape index (κ2) is 5.59. The molecule has 104 valence electrons. The van der Waals surface area contributed by atoms with Gasteiger partial charge in [-0.2, -0.15) is 0 Å². The summed E-state index contributed by atoms with van der Waals surface area (Å²) in [6.07, 6.45) is 0. The molecule has 2 rings (SSSR count). The molecule has 5 heteroatoms. The van der Waals surface area contributed by atoms with Crippen LogP contribution in [0.3, 0.4) is 0 Å². The first-order chi connectivity index (χ1) is 8.90. The first-order valence-electron chi connectivity index (χ1n) is 6.32. The van der Waals surface area contributed by atoms with Gasteiger partial charge in [-0.1, -0.05) is 13.0 Å². The van der Waals surface area contributed by atoms with Gasteiger partial charge in [0.25, 0.3) is 0 Å². The summed E-state index contributed by atoms with van der Waals surface area (Å²) in [4.78, 5) is 13.3. The van der Waals surface area contributed by atoms with Crippen molar-refractivity contribution < 1.29 is 14.3 Å². The average Bonchev–Trinajstić information content (AvgIpc) is 2.74. The Morgan fingerprint density at radius 3 is 2.74 bits per heavy atom. The van der Waals surface area contributed by atoms with Crippen LogP contribution in [0, 0.1) is 17.7 Å². The molecule has 1 fully saturated rings. The minimum Gasteiger partial charge on any atom is -0.481 e. The predicted molar refractivity (Wildman–Crippen MR) is 74.4 cm³/mol. The maximum atomic E-state index is 13.2. The lowest BCUT2D eigenvalue weighted by atomic mass is 9.99. The molecule has 1 aromatic carbocycles. The van der Waals surface area contributed by atoms with E-state index in [1.165, 1.54) is 6.07 Å². The van der Waals surface area contributed by atoms with Crippen molar-refractivity contribution in [2.24, 2.45) is 11.8 Å². The molecule has 1 heterocycles. The summed E-state index contributed by atoms with van der Waals surface area (Å²) in [6, 6.07) is 5.04. The van der Waals surface area contributed by atoms with Crippen molar-refractivity contribution in [3.63, 3.8) is 0 Å². The lowest BCUT2D eigenvalue weighted by molar-refractivity contribution is -0.142. The number of benzene rings is 1. The molecule has 0 amide bonds. The summed E-state index contributed by atoms with van der Waals surface area (Å²) in [7, 11) is 0. The number of hydrogen-bond donors (Lipinski definition) is 1. The van der Waals surface area contributed by atoms with Gasteiger partial charge >= 0.3 is 5.97 Å². The predicted octanol–water partition coefficient (Wildman–Crippen LogP) is 3.30. The smallest absolute Gasteiger partial charge is 0.308 e. The summed E-state index contributed by atoms with van der Waals surface area (Å²) >= 11 is 3.18. The van der Waals surface area contributed by atoms with E-state index in [4.69, 9.17) is 5.11 Å². The lowest BCUT2D eigenvalue weighted by Gasteiger charge is -2.24. The lowest BCUT2D eigenvalue weighted by Crippen LogP contribution is -2.26. The monoisotopic (exact) mass is 329 g/mol. The molecular weight excluding hydrogens is 313 g/mol. The Hall–Kier alpha value is -0.940. The van der Waals surface area contributed by atoms with Crippen LogP contribution in [0.5, 0.6) is 0 Å². The fourth-order valence-corrected chi connectivity index (χ4v) is 3.02. The molecule has 19 heavy (non-hydrogen) atoms. The number of hydrogen-bond acceptors (Lipinski definition) is 2. The van der Waals surface area contributed by atoms with E-state index in [0.29, 0.717) is 11.0 Å². The van der Waals surface area contributed by atoms with Gasteiger partial charge in [0.15, 0.2) is 0 Å². The second-order valence-electron chi connectivity index (χ2n) is 5.23. The van der Waals surface area contributed by atoms with Crippen LogP contribution in [0.1, 0.15) is 25.5 Å². The normalized spacial score (nSPS) is 25.5. The molecule has 0 aliphatic carbocycles. The van der Waals surface area contributed by atoms with Gasteiger partial charge in [-0.05, 0) is 46.5 Å². The molecule has 1 unspecified atom stereocenters. The molecule has 3 atom stereocenters. The Bertz CT molecular complexity index is 494. The van der Waals surface area contributed by atoms with Crippen LogP contribution >= 0.6 is 15.9 Å². The Balaban J connectivity index is 2.14. The zero-order valence-corrected chi connectivity index (χ0v) is 12.5. The number of likely N-dealkylation sites (tertiary alicyclic amines) is 1. The van der Waals surface area contributed by atoms with E-state index >= 15 is 0 Å². The van der Waals surface area contributed by atoms with E-state index in [9.17, 15) is 9.18 Å². The average molecular weight is 330 g/mol. The number of rotatable bonds is 3. The summed E-state index contributed by atoms with van der Waals surface area (Å²) in [5, 5.41) is 9.15. The van der Waals surface area contributed by atoms with Crippen LogP contribution in [-0.2, 0) is 4.79 Å². The third-order valence-electron chi connectivity index (χ3n) is 3.93. The van der Waals surface area contributed by atoms with Gasteiger partial charge in [-0.25, -0.2) is 4.39 Å². The molecule has 0 bridgehead atoms. The summed E-state index contributed by atoms with van der Waals surface area (Å²) in [5.74, 6) is -1.19. The standard InChI is InChI=1S/C14H17BrFNO2/c1-8-6-17(7-11(8)14(18)19)9(2)10-3-4-13(16)12(15)5-10/h3-5,8-9,11H,6-7H2,1-2H3,(H,18,19)/t8-,9?,11-/m1/s1. The van der Waals surface area contributed by atoms with Gasteiger partial charge in [0.05, 0.1) is 10.4 Å². The van der Waals surface area contributed by atoms with Crippen LogP contribution in [-0.4, -0.2) is 29.1 Å². The molecule has 0 saturated carbocycles. The minimum atomic E-state index is -0.734. The molecule has 1 aromatic rings. The fraction of sp³-hybridized carbons (Fsp3) is 0.500. The maximum Gasteiger partial charge on any atom is 0.308 e. The number of carboxylic acids is 1. The third-order valence-corrected chi connectivity index (χ3v) is 4.54. The van der Waals surface area contributed by atoms with E-state index < -0.39 is 5.97 Å². The van der Waals surface area contributed by atoms with E-state index in [1.807, 2.05) is 13.8 Å². The molecule has 0 spiro atoms. The first-order valence-corrected chi connectivity index (χ1v) is 7.11. The SMILES string of the molecule is CC(c1ccc(F)c(Br)c1)N1C[C@@H](C)[C@H](C(=O)O)C1. The highest BCUT2D eigenvalue weighted by Crippen LogP contribution is 2.32. The molecule has 1 aliphatic heterocycles. The van der Waals surface area contributed by atoms with Crippen LogP contribution in [0.25, 0.3) is 0 Å². The van der Waals surface area contributed by atoms with Crippen molar-refractivity contribution >= 4 is 21.9 Å². The molecule has 0 aromatic heterocycles. The number of carbonyl (C=O) groups is 1. The van der Waals surface area contributed by atoms with Crippen LogP contribution in [0.4, 0.5) is 4.39 Å². The van der Waals surface area contributed by atoms with Gasteiger partial charge in [-0.3, -0.25) is 9.69 Å². The minimum absolute atomic E-state index is 0.0868. The summed E-state index contributed by atoms with van der Waals surface area (Å²) in [6.45, 7) is 5.29. The Kier molecular flexibility index (Phi) is 4.26. The van der Waals surface area contributed by atoms with Crippen LogP contribution in [0.2, 0.25) is 0 Å². The van der Waals surface area contributed by atoms with Crippen LogP contribution < -0.4 is 0 Å². The highest BCUT2D eigenvalue weighted by molar-refractivity contribution is 9.10. The summed E-state index contributed by atoms with van der Waals surface area (Å²) < 4.78 is 13.7. The second-order valence-corrected chi connectivity index (χ2v) is 6.08. The van der Waals surface area contributed by atoms with Gasteiger partial charge < -0.3 is 5.11 Å². The van der Waals surface area contributed by atoms with Crippen molar-refractivity contribution in [3.05, 3.63) is 34.1 Å². The molecule has 1 saturated heterocycles. The number of carboxylic acid groups (broad SMARTS) is 1. The van der Waals surface area contributed by atoms with Crippen molar-refractivity contribution in [2.75, 3.05) is 13.1 Å².